The molecule has 3 rings (SSSR count). The number of nitrogens with zero attached hydrogens (tertiary/aromatic N) is 2. The highest BCUT2D eigenvalue weighted by atomic mass is 16.5. The van der Waals surface area contributed by atoms with Crippen LogP contribution >= 0.6 is 0 Å². The van der Waals surface area contributed by atoms with Crippen molar-refractivity contribution in [1.29, 1.82) is 0 Å². The van der Waals surface area contributed by atoms with Gasteiger partial charge in [-0.25, -0.2) is 4.98 Å². The van der Waals surface area contributed by atoms with Crippen LogP contribution in [0.5, 0.6) is 5.75 Å². The molecule has 0 fully saturated rings. The molecule has 0 unspecified atom stereocenters. The number of aromatic nitrogens is 2. The summed E-state index contributed by atoms with van der Waals surface area (Å²) in [6.07, 6.45) is 0. The van der Waals surface area contributed by atoms with Crippen molar-refractivity contribution in [2.45, 2.75) is 19.9 Å². The van der Waals surface area contributed by atoms with Gasteiger partial charge in [-0.05, 0) is 38.1 Å². The Bertz CT molecular complexity index is 968. The first-order valence-corrected chi connectivity index (χ1v) is 9.23. The van der Waals surface area contributed by atoms with Crippen LogP contribution in [0, 0.1) is 0 Å². The molecule has 27 heavy (non-hydrogen) atoms. The van der Waals surface area contributed by atoms with Crippen molar-refractivity contribution in [2.75, 3.05) is 26.9 Å². The van der Waals surface area contributed by atoms with E-state index in [2.05, 4.69) is 5.32 Å². The molecule has 0 bridgehead atoms. The number of hydrogen-bond donors (Lipinski definition) is 1. The Morgan fingerprint density at radius 2 is 1.89 bits per heavy atom. The van der Waals surface area contributed by atoms with Gasteiger partial charge < -0.3 is 14.8 Å². The molecule has 0 aliphatic rings. The summed E-state index contributed by atoms with van der Waals surface area (Å²) in [5, 5.41) is 2.72. The van der Waals surface area contributed by atoms with Gasteiger partial charge in [-0.15, -0.1) is 0 Å². The van der Waals surface area contributed by atoms with Crippen LogP contribution in [0.25, 0.3) is 16.6 Å². The van der Waals surface area contributed by atoms with Crippen LogP contribution in [0.15, 0.2) is 53.3 Å². The van der Waals surface area contributed by atoms with Crippen LogP contribution in [-0.2, 0) is 4.74 Å². The van der Waals surface area contributed by atoms with Gasteiger partial charge in [0.05, 0.1) is 36.3 Å². The number of fused-ring (bicyclic) bond motifs is 1. The predicted octanol–water partition coefficient (Wildman–Crippen LogP) is 2.06. The van der Waals surface area contributed by atoms with Crippen molar-refractivity contribution in [3.8, 4) is 11.4 Å². The maximum absolute atomic E-state index is 13.4. The number of methoxy groups -OCH3 is 1. The minimum atomic E-state index is -0.0882. The van der Waals surface area contributed by atoms with Crippen LogP contribution in [0.2, 0.25) is 0 Å². The fraction of sp³-hybridized carbons (Fsp3) is 0.333. The Labute approximate surface area is 158 Å². The number of para-hydroxylation sites is 3. The molecule has 1 aromatic heterocycles. The minimum absolute atomic E-state index is 0.0212. The van der Waals surface area contributed by atoms with E-state index in [0.717, 1.165) is 6.54 Å². The highest BCUT2D eigenvalue weighted by Crippen LogP contribution is 2.24. The van der Waals surface area contributed by atoms with Gasteiger partial charge >= 0.3 is 0 Å². The quantitative estimate of drug-likeness (QED) is 0.618. The average molecular weight is 368 g/mol. The summed E-state index contributed by atoms with van der Waals surface area (Å²) in [5.74, 6) is 1.37. The third-order valence-corrected chi connectivity index (χ3v) is 4.46. The van der Waals surface area contributed by atoms with Gasteiger partial charge in [-0.2, -0.15) is 0 Å². The Balaban J connectivity index is 2.21. The molecular weight excluding hydrogens is 342 g/mol. The first-order chi connectivity index (χ1) is 13.2. The molecule has 0 saturated carbocycles. The van der Waals surface area contributed by atoms with Crippen LogP contribution in [0.1, 0.15) is 25.7 Å². The van der Waals surface area contributed by atoms with Gasteiger partial charge in [0.1, 0.15) is 11.8 Å². The summed E-state index contributed by atoms with van der Waals surface area (Å²) in [6.45, 7) is 5.93. The molecule has 1 atom stereocenters. The van der Waals surface area contributed by atoms with Gasteiger partial charge in [0.25, 0.3) is 5.56 Å². The first kappa shape index (κ1) is 19.1. The molecule has 0 amide bonds. The molecule has 1 heterocycles. The van der Waals surface area contributed by atoms with Gasteiger partial charge in [0.15, 0.2) is 5.82 Å². The Morgan fingerprint density at radius 1 is 1.15 bits per heavy atom. The molecule has 142 valence electrons. The Kier molecular flexibility index (Phi) is 6.21. The molecule has 0 saturated heterocycles. The Morgan fingerprint density at radius 3 is 2.67 bits per heavy atom. The second-order valence-electron chi connectivity index (χ2n) is 6.33. The minimum Gasteiger partial charge on any atom is -0.492 e. The molecule has 3 aromatic rings. The highest BCUT2D eigenvalue weighted by Gasteiger charge is 2.21. The topological polar surface area (TPSA) is 70.0 Å². The summed E-state index contributed by atoms with van der Waals surface area (Å²) in [4.78, 5) is 18.2. The number of rotatable bonds is 8. The van der Waals surface area contributed by atoms with E-state index in [4.69, 9.17) is 14.5 Å². The van der Waals surface area contributed by atoms with E-state index in [-0.39, 0.29) is 11.6 Å². The van der Waals surface area contributed by atoms with Gasteiger partial charge in [-0.1, -0.05) is 24.3 Å². The highest BCUT2D eigenvalue weighted by molar-refractivity contribution is 5.78. The van der Waals surface area contributed by atoms with Crippen LogP contribution in [0.3, 0.4) is 0 Å². The summed E-state index contributed by atoms with van der Waals surface area (Å²) in [5.41, 5.74) is 1.33. The second kappa shape index (κ2) is 8.79. The van der Waals surface area contributed by atoms with Gasteiger partial charge in [-0.3, -0.25) is 9.36 Å². The SMILES string of the molecule is CCOc1ccccc1-n1c([C@@H](C)[NH2+]CCOC)nc2ccccc2c1=O. The molecule has 2 aromatic carbocycles. The number of ether oxygens (including phenoxy) is 2. The molecule has 6 nitrogen and oxygen atoms in total. The average Bonchev–Trinajstić information content (AvgIpc) is 2.69. The number of quaternary nitrogens is 1. The summed E-state index contributed by atoms with van der Waals surface area (Å²) < 4.78 is 12.6. The lowest BCUT2D eigenvalue weighted by Gasteiger charge is -2.19. The lowest BCUT2D eigenvalue weighted by molar-refractivity contribution is -0.695. The van der Waals surface area contributed by atoms with Crippen LogP contribution in [0.4, 0.5) is 0 Å². The molecule has 0 aliphatic heterocycles. The largest absolute Gasteiger partial charge is 0.492 e. The van der Waals surface area contributed by atoms with Crippen molar-refractivity contribution < 1.29 is 14.8 Å². The van der Waals surface area contributed by atoms with Crippen molar-refractivity contribution in [3.63, 3.8) is 0 Å². The van der Waals surface area contributed by atoms with E-state index in [1.807, 2.05) is 62.4 Å². The van der Waals surface area contributed by atoms with Crippen molar-refractivity contribution >= 4 is 10.9 Å². The normalized spacial score (nSPS) is 12.3. The second-order valence-corrected chi connectivity index (χ2v) is 6.33. The van der Waals surface area contributed by atoms with Crippen molar-refractivity contribution in [3.05, 3.63) is 64.7 Å². The first-order valence-electron chi connectivity index (χ1n) is 9.23. The zero-order valence-electron chi connectivity index (χ0n) is 16.0. The predicted molar refractivity (Wildman–Crippen MR) is 106 cm³/mol. The fourth-order valence-electron chi connectivity index (χ4n) is 3.15. The number of hydrogen-bond acceptors (Lipinski definition) is 4. The van der Waals surface area contributed by atoms with E-state index >= 15 is 0 Å². The van der Waals surface area contributed by atoms with E-state index in [9.17, 15) is 4.79 Å². The van der Waals surface area contributed by atoms with Crippen molar-refractivity contribution in [2.24, 2.45) is 0 Å². The van der Waals surface area contributed by atoms with Crippen molar-refractivity contribution in [1.82, 2.24) is 9.55 Å². The monoisotopic (exact) mass is 368 g/mol. The third-order valence-electron chi connectivity index (χ3n) is 4.46. The van der Waals surface area contributed by atoms with Gasteiger partial charge in [0.2, 0.25) is 0 Å². The zero-order chi connectivity index (χ0) is 19.2. The fourth-order valence-corrected chi connectivity index (χ4v) is 3.15. The maximum atomic E-state index is 13.4. The van der Waals surface area contributed by atoms with Gasteiger partial charge in [0, 0.05) is 7.11 Å². The molecular formula is C21H26N3O3+. The number of benzene rings is 2. The maximum Gasteiger partial charge on any atom is 0.266 e. The summed E-state index contributed by atoms with van der Waals surface area (Å²) in [6, 6.07) is 15.0. The van der Waals surface area contributed by atoms with E-state index in [1.54, 1.807) is 11.7 Å². The zero-order valence-corrected chi connectivity index (χ0v) is 16.0. The van der Waals surface area contributed by atoms with Crippen LogP contribution in [-0.4, -0.2) is 36.4 Å². The van der Waals surface area contributed by atoms with Crippen LogP contribution < -0.4 is 15.6 Å². The molecule has 0 radical (unpaired) electrons. The molecule has 0 spiro atoms. The van der Waals surface area contributed by atoms with E-state index < -0.39 is 0 Å². The Hall–Kier alpha value is -2.70. The van der Waals surface area contributed by atoms with E-state index in [1.165, 1.54) is 0 Å². The smallest absolute Gasteiger partial charge is 0.266 e. The molecule has 2 N–H and O–H groups in total. The molecule has 0 aliphatic carbocycles. The summed E-state index contributed by atoms with van der Waals surface area (Å²) >= 11 is 0. The van der Waals surface area contributed by atoms with E-state index in [0.29, 0.717) is 41.4 Å². The third kappa shape index (κ3) is 4.02. The lowest BCUT2D eigenvalue weighted by Crippen LogP contribution is -2.86. The number of nitrogens with two attached hydrogens (primary N) is 1. The molecule has 6 heteroatoms. The standard InChI is InChI=1S/C21H25N3O3/c1-4-27-19-12-8-7-11-18(19)24-20(15(2)22-13-14-26-3)23-17-10-6-5-9-16(17)21(24)25/h5-12,15,22H,4,13-14H2,1-3H3/p+1/t15-/m1/s1. The lowest BCUT2D eigenvalue weighted by atomic mass is 10.2. The summed E-state index contributed by atoms with van der Waals surface area (Å²) in [7, 11) is 1.68.